The van der Waals surface area contributed by atoms with Crippen molar-refractivity contribution in [2.75, 3.05) is 34.8 Å². The number of anilines is 2. The number of rotatable bonds is 6. The van der Waals surface area contributed by atoms with E-state index in [1.165, 1.54) is 0 Å². The molecule has 0 aliphatic carbocycles. The predicted molar refractivity (Wildman–Crippen MR) is 162 cm³/mol. The van der Waals surface area contributed by atoms with Gasteiger partial charge in [-0.2, -0.15) is 4.98 Å². The summed E-state index contributed by atoms with van der Waals surface area (Å²) in [5, 5.41) is 4.78. The monoisotopic (exact) mass is 644 g/mol. The molecule has 1 N–H and O–H groups in total. The zero-order valence-corrected chi connectivity index (χ0v) is 25.4. The third-order valence-corrected chi connectivity index (χ3v) is 10.2. The first-order chi connectivity index (χ1) is 18.1. The van der Waals surface area contributed by atoms with Crippen LogP contribution < -0.4 is 10.2 Å². The second-order valence-corrected chi connectivity index (χ2v) is 13.4. The number of aryl methyl sites for hydroxylation is 4. The quantitative estimate of drug-likeness (QED) is 0.279. The zero-order valence-electron chi connectivity index (χ0n) is 22.4. The van der Waals surface area contributed by atoms with Gasteiger partial charge in [0.1, 0.15) is 11.6 Å². The van der Waals surface area contributed by atoms with E-state index in [4.69, 9.17) is 15.0 Å². The van der Waals surface area contributed by atoms with E-state index >= 15 is 0 Å². The molecule has 0 amide bonds. The van der Waals surface area contributed by atoms with E-state index in [9.17, 15) is 8.42 Å². The molecule has 0 bridgehead atoms. The van der Waals surface area contributed by atoms with Crippen LogP contribution in [0.3, 0.4) is 0 Å². The fraction of sp³-hybridized carbons (Fsp3) is 0.393. The molecule has 1 aliphatic heterocycles. The molecule has 8 nitrogen and oxygen atoms in total. The Labute approximate surface area is 238 Å². The third kappa shape index (κ3) is 5.12. The van der Waals surface area contributed by atoms with E-state index in [2.05, 4.69) is 101 Å². The van der Waals surface area contributed by atoms with Gasteiger partial charge >= 0.3 is 0 Å². The lowest BCUT2D eigenvalue weighted by Crippen LogP contribution is -2.41. The van der Waals surface area contributed by atoms with Gasteiger partial charge in [0.15, 0.2) is 9.84 Å². The van der Waals surface area contributed by atoms with Crippen LogP contribution in [0.25, 0.3) is 16.9 Å². The topological polar surface area (TPSA) is 93.0 Å². The summed E-state index contributed by atoms with van der Waals surface area (Å²) in [5.41, 5.74) is 6.17. The van der Waals surface area contributed by atoms with Crippen LogP contribution in [-0.2, 0) is 9.84 Å². The van der Waals surface area contributed by atoms with Crippen LogP contribution in [0.5, 0.6) is 0 Å². The molecule has 1 aliphatic rings. The average molecular weight is 645 g/mol. The Balaban J connectivity index is 1.60. The van der Waals surface area contributed by atoms with E-state index in [0.717, 1.165) is 60.7 Å². The summed E-state index contributed by atoms with van der Waals surface area (Å²) in [6, 6.07) is 12.5. The highest BCUT2D eigenvalue weighted by molar-refractivity contribution is 14.1. The Morgan fingerprint density at radius 3 is 2.34 bits per heavy atom. The van der Waals surface area contributed by atoms with Crippen molar-refractivity contribution < 1.29 is 8.42 Å². The molecular formula is C28H33IN6O2S. The Bertz CT molecular complexity index is 1600. The summed E-state index contributed by atoms with van der Waals surface area (Å²) in [4.78, 5) is 17.0. The van der Waals surface area contributed by atoms with Crippen molar-refractivity contribution in [3.05, 3.63) is 68.2 Å². The number of para-hydroxylation sites is 1. The fourth-order valence-corrected chi connectivity index (χ4v) is 6.67. The van der Waals surface area contributed by atoms with Crippen LogP contribution in [0.15, 0.2) is 36.4 Å². The largest absolute Gasteiger partial charge is 0.362 e. The van der Waals surface area contributed by atoms with Gasteiger partial charge in [0, 0.05) is 35.4 Å². The molecule has 0 radical (unpaired) electrons. The second kappa shape index (κ2) is 10.4. The number of halogens is 1. The Morgan fingerprint density at radius 1 is 1.00 bits per heavy atom. The fourth-order valence-electron chi connectivity index (χ4n) is 5.08. The third-order valence-electron chi connectivity index (χ3n) is 7.27. The van der Waals surface area contributed by atoms with Crippen molar-refractivity contribution in [1.29, 1.82) is 0 Å². The summed E-state index contributed by atoms with van der Waals surface area (Å²) in [6.45, 7) is 11.2. The van der Waals surface area contributed by atoms with Crippen LogP contribution in [0, 0.1) is 31.3 Å². The molecule has 1 atom stereocenters. The number of fused-ring (bicyclic) bond motifs is 1. The molecule has 1 saturated heterocycles. The number of aromatic nitrogens is 4. The standard InChI is InChI=1S/C28H33IN6O2S/c1-6-23(31-26-24(29)20(5)30-28(33-26)35-18(3)10-11-19(35)4)22-16-21-9-7-8-17(2)25(21)32-27(22)34-12-14-38(36,37)15-13-34/h7-11,16,23H,6,12-15H2,1-5H3,(H,30,31,33). The van der Waals surface area contributed by atoms with Crippen LogP contribution in [0.2, 0.25) is 0 Å². The van der Waals surface area contributed by atoms with E-state index in [0.29, 0.717) is 19.0 Å². The maximum absolute atomic E-state index is 12.2. The van der Waals surface area contributed by atoms with Gasteiger partial charge < -0.3 is 10.2 Å². The molecule has 1 fully saturated rings. The van der Waals surface area contributed by atoms with Gasteiger partial charge in [0.2, 0.25) is 5.95 Å². The Hall–Kier alpha value is -2.73. The SMILES string of the molecule is CCC(Nc1nc(-n2c(C)ccc2C)nc(C)c1I)c1cc2cccc(C)c2nc1N1CCS(=O)(=O)CC1. The maximum Gasteiger partial charge on any atom is 0.236 e. The van der Waals surface area contributed by atoms with E-state index in [1.807, 2.05) is 6.92 Å². The summed E-state index contributed by atoms with van der Waals surface area (Å²) >= 11 is 2.31. The predicted octanol–water partition coefficient (Wildman–Crippen LogP) is 5.45. The minimum Gasteiger partial charge on any atom is -0.362 e. The lowest BCUT2D eigenvalue weighted by atomic mass is 10.0. The van der Waals surface area contributed by atoms with Crippen molar-refractivity contribution in [2.24, 2.45) is 0 Å². The number of sulfone groups is 1. The van der Waals surface area contributed by atoms with E-state index in [1.54, 1.807) is 0 Å². The molecule has 3 aromatic heterocycles. The van der Waals surface area contributed by atoms with Crippen LogP contribution in [-0.4, -0.2) is 52.5 Å². The van der Waals surface area contributed by atoms with Crippen molar-refractivity contribution in [1.82, 2.24) is 19.5 Å². The molecule has 200 valence electrons. The maximum atomic E-state index is 12.2. The lowest BCUT2D eigenvalue weighted by Gasteiger charge is -2.32. The number of pyridine rings is 1. The number of nitrogens with one attached hydrogen (secondary N) is 1. The number of hydrogen-bond donors (Lipinski definition) is 1. The molecule has 10 heteroatoms. The zero-order chi connectivity index (χ0) is 27.2. The number of hydrogen-bond acceptors (Lipinski definition) is 7. The molecule has 1 aromatic carbocycles. The highest BCUT2D eigenvalue weighted by atomic mass is 127. The average Bonchev–Trinajstić information content (AvgIpc) is 3.22. The van der Waals surface area contributed by atoms with E-state index in [-0.39, 0.29) is 17.5 Å². The normalized spacial score (nSPS) is 16.1. The minimum atomic E-state index is -3.01. The van der Waals surface area contributed by atoms with Gasteiger partial charge in [-0.15, -0.1) is 0 Å². The first-order valence-electron chi connectivity index (χ1n) is 12.9. The summed E-state index contributed by atoms with van der Waals surface area (Å²) in [6.07, 6.45) is 0.800. The van der Waals surface area contributed by atoms with Crippen molar-refractivity contribution in [2.45, 2.75) is 47.1 Å². The highest BCUT2D eigenvalue weighted by Gasteiger charge is 2.27. The first kappa shape index (κ1) is 26.9. The Kier molecular flexibility index (Phi) is 7.38. The van der Waals surface area contributed by atoms with Gasteiger partial charge in [-0.05, 0) is 80.5 Å². The molecule has 38 heavy (non-hydrogen) atoms. The molecule has 4 heterocycles. The molecule has 0 spiro atoms. The Morgan fingerprint density at radius 2 is 1.68 bits per heavy atom. The van der Waals surface area contributed by atoms with Gasteiger partial charge in [0.25, 0.3) is 0 Å². The number of nitrogens with zero attached hydrogens (tertiary/aromatic N) is 5. The molecule has 4 aromatic rings. The summed E-state index contributed by atoms with van der Waals surface area (Å²) < 4.78 is 27.4. The van der Waals surface area contributed by atoms with Gasteiger partial charge in [0.05, 0.1) is 32.3 Å². The summed E-state index contributed by atoms with van der Waals surface area (Å²) in [5.74, 6) is 2.56. The molecule has 0 saturated carbocycles. The summed E-state index contributed by atoms with van der Waals surface area (Å²) in [7, 11) is -3.01. The first-order valence-corrected chi connectivity index (χ1v) is 15.8. The van der Waals surface area contributed by atoms with Crippen molar-refractivity contribution >= 4 is 55.0 Å². The highest BCUT2D eigenvalue weighted by Crippen LogP contribution is 2.35. The van der Waals surface area contributed by atoms with E-state index < -0.39 is 9.84 Å². The molecular weight excluding hydrogens is 611 g/mol. The van der Waals surface area contributed by atoms with Gasteiger partial charge in [-0.1, -0.05) is 25.1 Å². The van der Waals surface area contributed by atoms with Crippen LogP contribution in [0.1, 0.15) is 47.6 Å². The minimum absolute atomic E-state index is 0.0801. The molecule has 1 unspecified atom stereocenters. The van der Waals surface area contributed by atoms with Crippen LogP contribution in [0.4, 0.5) is 11.6 Å². The second-order valence-electron chi connectivity index (χ2n) is 10.0. The lowest BCUT2D eigenvalue weighted by molar-refractivity contribution is 0.585. The van der Waals surface area contributed by atoms with Crippen molar-refractivity contribution in [3.63, 3.8) is 0 Å². The smallest absolute Gasteiger partial charge is 0.236 e. The van der Waals surface area contributed by atoms with Gasteiger partial charge in [-0.3, -0.25) is 4.57 Å². The van der Waals surface area contributed by atoms with Gasteiger partial charge in [-0.25, -0.2) is 18.4 Å². The van der Waals surface area contributed by atoms with Crippen LogP contribution >= 0.6 is 22.6 Å². The molecule has 5 rings (SSSR count). The van der Waals surface area contributed by atoms with Crippen molar-refractivity contribution in [3.8, 4) is 5.95 Å². The number of benzene rings is 1.